The van der Waals surface area contributed by atoms with Crippen LogP contribution < -0.4 is 21.7 Å². The van der Waals surface area contributed by atoms with Crippen molar-refractivity contribution in [2.45, 2.75) is 12.5 Å². The molecule has 0 aliphatic heterocycles. The zero-order valence-corrected chi connectivity index (χ0v) is 11.1. The topological polar surface area (TPSA) is 86.2 Å². The van der Waals surface area contributed by atoms with Crippen molar-refractivity contribution >= 4 is 5.69 Å². The van der Waals surface area contributed by atoms with Crippen molar-refractivity contribution < 1.29 is 9.13 Å². The molecule has 0 spiro atoms. The second-order valence-corrected chi connectivity index (χ2v) is 4.39. The highest BCUT2D eigenvalue weighted by molar-refractivity contribution is 5.45. The molecule has 0 saturated carbocycles. The molecule has 1 aromatic heterocycles. The summed E-state index contributed by atoms with van der Waals surface area (Å²) in [6.45, 7) is 0. The lowest BCUT2D eigenvalue weighted by Gasteiger charge is -2.18. The van der Waals surface area contributed by atoms with Gasteiger partial charge in [-0.1, -0.05) is 6.07 Å². The van der Waals surface area contributed by atoms with E-state index >= 15 is 0 Å². The summed E-state index contributed by atoms with van der Waals surface area (Å²) in [6, 6.07) is 6.15. The smallest absolute Gasteiger partial charge is 0.165 e. The molecule has 5 N–H and O–H groups in total. The Kier molecular flexibility index (Phi) is 4.49. The zero-order chi connectivity index (χ0) is 14.5. The summed E-state index contributed by atoms with van der Waals surface area (Å²) in [5.41, 5.74) is 10.9. The van der Waals surface area contributed by atoms with E-state index in [1.165, 1.54) is 13.2 Å². The van der Waals surface area contributed by atoms with Gasteiger partial charge in [0, 0.05) is 18.1 Å². The number of halogens is 1. The van der Waals surface area contributed by atoms with Gasteiger partial charge in [0.2, 0.25) is 0 Å². The monoisotopic (exact) mass is 276 g/mol. The Hall–Kier alpha value is -2.18. The van der Waals surface area contributed by atoms with Crippen molar-refractivity contribution in [1.29, 1.82) is 0 Å². The Morgan fingerprint density at radius 2 is 2.20 bits per heavy atom. The van der Waals surface area contributed by atoms with E-state index in [0.717, 1.165) is 11.1 Å². The molecule has 1 aromatic carbocycles. The van der Waals surface area contributed by atoms with E-state index in [4.69, 9.17) is 16.3 Å². The van der Waals surface area contributed by atoms with Gasteiger partial charge in [0.1, 0.15) is 0 Å². The fraction of sp³-hybridized carbons (Fsp3) is 0.214. The number of benzene rings is 1. The average molecular weight is 276 g/mol. The lowest BCUT2D eigenvalue weighted by molar-refractivity contribution is 0.384. The molecule has 0 radical (unpaired) electrons. The number of hydrazine groups is 1. The maximum atomic E-state index is 13.4. The molecule has 0 aliphatic carbocycles. The number of nitrogens with two attached hydrogens (primary N) is 2. The van der Waals surface area contributed by atoms with Gasteiger partial charge in [-0.25, -0.2) is 4.39 Å². The van der Waals surface area contributed by atoms with E-state index in [1.807, 2.05) is 0 Å². The molecule has 20 heavy (non-hydrogen) atoms. The van der Waals surface area contributed by atoms with E-state index in [1.54, 1.807) is 30.6 Å². The fourth-order valence-corrected chi connectivity index (χ4v) is 1.99. The van der Waals surface area contributed by atoms with Crippen molar-refractivity contribution in [3.8, 4) is 5.75 Å². The number of hydrogen-bond donors (Lipinski definition) is 3. The SMILES string of the molecule is COc1cc(C(Cc2cnccc2N)NN)ccc1F. The molecule has 1 unspecified atom stereocenters. The Balaban J connectivity index is 2.26. The van der Waals surface area contributed by atoms with Crippen LogP contribution in [0.15, 0.2) is 36.7 Å². The maximum Gasteiger partial charge on any atom is 0.165 e. The first-order valence-corrected chi connectivity index (χ1v) is 6.13. The minimum Gasteiger partial charge on any atom is -0.494 e. The first kappa shape index (κ1) is 14.2. The van der Waals surface area contributed by atoms with Gasteiger partial charge in [-0.15, -0.1) is 0 Å². The van der Waals surface area contributed by atoms with Gasteiger partial charge in [-0.05, 0) is 35.7 Å². The standard InChI is InChI=1S/C14H17FN4O/c1-20-14-7-9(2-3-11(14)15)13(19-17)6-10-8-18-5-4-12(10)16/h2-5,7-8,13,19H,6,17H2,1H3,(H2,16,18). The van der Waals surface area contributed by atoms with Crippen molar-refractivity contribution in [3.63, 3.8) is 0 Å². The Morgan fingerprint density at radius 1 is 1.40 bits per heavy atom. The van der Waals surface area contributed by atoms with Crippen molar-refractivity contribution in [1.82, 2.24) is 10.4 Å². The highest BCUT2D eigenvalue weighted by Gasteiger charge is 2.14. The van der Waals surface area contributed by atoms with Crippen LogP contribution in [0.2, 0.25) is 0 Å². The lowest BCUT2D eigenvalue weighted by Crippen LogP contribution is -2.29. The number of anilines is 1. The summed E-state index contributed by atoms with van der Waals surface area (Å²) in [7, 11) is 1.42. The molecule has 0 aliphatic rings. The van der Waals surface area contributed by atoms with Gasteiger partial charge in [-0.2, -0.15) is 0 Å². The normalized spacial score (nSPS) is 12.2. The van der Waals surface area contributed by atoms with Crippen LogP contribution in [0.25, 0.3) is 0 Å². The predicted molar refractivity (Wildman–Crippen MR) is 75.4 cm³/mol. The number of nitrogens with one attached hydrogen (secondary N) is 1. The number of rotatable bonds is 5. The summed E-state index contributed by atoms with van der Waals surface area (Å²) in [4.78, 5) is 4.04. The second kappa shape index (κ2) is 6.31. The summed E-state index contributed by atoms with van der Waals surface area (Å²) in [5, 5.41) is 0. The van der Waals surface area contributed by atoms with Crippen molar-refractivity contribution in [2.75, 3.05) is 12.8 Å². The minimum absolute atomic E-state index is 0.182. The number of ether oxygens (including phenoxy) is 1. The third-order valence-electron chi connectivity index (χ3n) is 3.14. The van der Waals surface area contributed by atoms with E-state index in [2.05, 4.69) is 10.4 Å². The van der Waals surface area contributed by atoms with Gasteiger partial charge >= 0.3 is 0 Å². The number of hydrogen-bond acceptors (Lipinski definition) is 5. The van der Waals surface area contributed by atoms with Gasteiger partial charge in [0.05, 0.1) is 13.2 Å². The predicted octanol–water partition coefficient (Wildman–Crippen LogP) is 1.56. The zero-order valence-electron chi connectivity index (χ0n) is 11.1. The second-order valence-electron chi connectivity index (χ2n) is 4.39. The average Bonchev–Trinajstić information content (AvgIpc) is 2.47. The quantitative estimate of drug-likeness (QED) is 0.570. The molecule has 6 heteroatoms. The van der Waals surface area contributed by atoms with Crippen LogP contribution in [-0.4, -0.2) is 12.1 Å². The number of nitrogen functional groups attached to an aromatic ring is 1. The lowest BCUT2D eigenvalue weighted by atomic mass is 9.99. The third-order valence-corrected chi connectivity index (χ3v) is 3.14. The molecule has 1 heterocycles. The number of pyridine rings is 1. The van der Waals surface area contributed by atoms with Gasteiger partial charge in [0.25, 0.3) is 0 Å². The number of aromatic nitrogens is 1. The molecule has 0 saturated heterocycles. The molecule has 106 valence electrons. The molecule has 0 fully saturated rings. The summed E-state index contributed by atoms with van der Waals surface area (Å²) >= 11 is 0. The molecule has 2 rings (SSSR count). The van der Waals surface area contributed by atoms with Gasteiger partial charge < -0.3 is 10.5 Å². The highest BCUT2D eigenvalue weighted by Crippen LogP contribution is 2.25. The largest absolute Gasteiger partial charge is 0.494 e. The van der Waals surface area contributed by atoms with Crippen LogP contribution in [-0.2, 0) is 6.42 Å². The Bertz CT molecular complexity index is 591. The minimum atomic E-state index is -0.409. The molecule has 0 amide bonds. The molecule has 1 atom stereocenters. The van der Waals surface area contributed by atoms with Crippen LogP contribution in [0.1, 0.15) is 17.2 Å². The molecule has 0 bridgehead atoms. The molecular formula is C14H17FN4O. The van der Waals surface area contributed by atoms with E-state index in [-0.39, 0.29) is 11.8 Å². The maximum absolute atomic E-state index is 13.4. The van der Waals surface area contributed by atoms with Gasteiger partial charge in [-0.3, -0.25) is 16.3 Å². The summed E-state index contributed by atoms with van der Waals surface area (Å²) in [5.74, 6) is 5.36. The van der Waals surface area contributed by atoms with Crippen LogP contribution in [0, 0.1) is 5.82 Å². The van der Waals surface area contributed by atoms with Crippen molar-refractivity contribution in [3.05, 3.63) is 53.6 Å². The van der Waals surface area contributed by atoms with E-state index < -0.39 is 5.82 Å². The number of nitrogens with zero attached hydrogens (tertiary/aromatic N) is 1. The van der Waals surface area contributed by atoms with Crippen LogP contribution in [0.5, 0.6) is 5.75 Å². The van der Waals surface area contributed by atoms with E-state index in [0.29, 0.717) is 12.1 Å². The molecule has 5 nitrogen and oxygen atoms in total. The summed E-state index contributed by atoms with van der Waals surface area (Å²) < 4.78 is 18.4. The first-order valence-electron chi connectivity index (χ1n) is 6.13. The third kappa shape index (κ3) is 3.04. The van der Waals surface area contributed by atoms with Gasteiger partial charge in [0.15, 0.2) is 11.6 Å². The Morgan fingerprint density at radius 3 is 2.85 bits per heavy atom. The first-order chi connectivity index (χ1) is 9.65. The number of methoxy groups -OCH3 is 1. The molecular weight excluding hydrogens is 259 g/mol. The van der Waals surface area contributed by atoms with Crippen LogP contribution >= 0.6 is 0 Å². The Labute approximate surface area is 116 Å². The summed E-state index contributed by atoms with van der Waals surface area (Å²) in [6.07, 6.45) is 3.87. The van der Waals surface area contributed by atoms with Crippen LogP contribution in [0.4, 0.5) is 10.1 Å². The molecule has 2 aromatic rings. The highest BCUT2D eigenvalue weighted by atomic mass is 19.1. The van der Waals surface area contributed by atoms with Crippen LogP contribution in [0.3, 0.4) is 0 Å². The van der Waals surface area contributed by atoms with E-state index in [9.17, 15) is 4.39 Å². The fourth-order valence-electron chi connectivity index (χ4n) is 1.99. The van der Waals surface area contributed by atoms with Crippen molar-refractivity contribution in [2.24, 2.45) is 5.84 Å².